The number of hydrogen-bond acceptors (Lipinski definition) is 2. The van der Waals surface area contributed by atoms with Crippen molar-refractivity contribution in [2.45, 2.75) is 38.6 Å². The molecule has 0 radical (unpaired) electrons. The Kier molecular flexibility index (Phi) is 4.30. The lowest BCUT2D eigenvalue weighted by molar-refractivity contribution is 0.442. The summed E-state index contributed by atoms with van der Waals surface area (Å²) in [5.41, 5.74) is 8.09. The summed E-state index contributed by atoms with van der Waals surface area (Å²) in [7, 11) is 0. The fourth-order valence-electron chi connectivity index (χ4n) is 2.59. The van der Waals surface area contributed by atoms with Gasteiger partial charge in [-0.3, -0.25) is 0 Å². The van der Waals surface area contributed by atoms with Gasteiger partial charge in [-0.1, -0.05) is 17.7 Å². The van der Waals surface area contributed by atoms with E-state index in [9.17, 15) is 0 Å². The molecule has 3 heteroatoms. The molecule has 1 saturated heterocycles. The van der Waals surface area contributed by atoms with Crippen LogP contribution in [-0.4, -0.2) is 19.1 Å². The summed E-state index contributed by atoms with van der Waals surface area (Å²) in [4.78, 5) is 2.47. The number of piperidine rings is 1. The predicted octanol–water partition coefficient (Wildman–Crippen LogP) is 3.36. The second kappa shape index (κ2) is 5.74. The summed E-state index contributed by atoms with van der Waals surface area (Å²) in [5, 5.41) is 0.861. The molecule has 1 aromatic carbocycles. The largest absolute Gasteiger partial charge is 0.368 e. The fourth-order valence-corrected chi connectivity index (χ4v) is 2.77. The number of benzene rings is 1. The van der Waals surface area contributed by atoms with Crippen molar-refractivity contribution in [2.24, 2.45) is 5.73 Å². The first-order valence-corrected chi connectivity index (χ1v) is 6.83. The van der Waals surface area contributed by atoms with Crippen molar-refractivity contribution in [1.29, 1.82) is 0 Å². The summed E-state index contributed by atoms with van der Waals surface area (Å²) in [5.74, 6) is 0. The molecule has 2 nitrogen and oxygen atoms in total. The lowest BCUT2D eigenvalue weighted by atomic mass is 9.98. The molecule has 1 aromatic rings. The topological polar surface area (TPSA) is 29.3 Å². The third-order valence-electron chi connectivity index (χ3n) is 3.61. The maximum atomic E-state index is 6.21. The van der Waals surface area contributed by atoms with E-state index >= 15 is 0 Å². The summed E-state index contributed by atoms with van der Waals surface area (Å²) in [6.45, 7) is 3.94. The van der Waals surface area contributed by atoms with Crippen molar-refractivity contribution in [1.82, 2.24) is 0 Å². The van der Waals surface area contributed by atoms with Crippen molar-refractivity contribution in [2.75, 3.05) is 18.0 Å². The standard InChI is InChI=1S/C14H21ClN2/c1-11-5-6-13(10-14(11)15)17-9-3-2-4-12(17)7-8-16/h5-6,10,12H,2-4,7-9,16H2,1H3. The van der Waals surface area contributed by atoms with Crippen molar-refractivity contribution >= 4 is 17.3 Å². The highest BCUT2D eigenvalue weighted by Gasteiger charge is 2.22. The second-order valence-corrected chi connectivity index (χ2v) is 5.26. The average molecular weight is 253 g/mol. The fraction of sp³-hybridized carbons (Fsp3) is 0.571. The summed E-state index contributed by atoms with van der Waals surface area (Å²) in [6, 6.07) is 6.96. The van der Waals surface area contributed by atoms with Gasteiger partial charge >= 0.3 is 0 Å². The van der Waals surface area contributed by atoms with Crippen LogP contribution in [-0.2, 0) is 0 Å². The first-order chi connectivity index (χ1) is 8.22. The molecular weight excluding hydrogens is 232 g/mol. The SMILES string of the molecule is Cc1ccc(N2CCCCC2CCN)cc1Cl. The molecule has 0 aliphatic carbocycles. The highest BCUT2D eigenvalue weighted by molar-refractivity contribution is 6.31. The molecule has 0 amide bonds. The van der Waals surface area contributed by atoms with Crippen molar-refractivity contribution in [3.05, 3.63) is 28.8 Å². The van der Waals surface area contributed by atoms with Crippen molar-refractivity contribution in [3.63, 3.8) is 0 Å². The van der Waals surface area contributed by atoms with Crippen LogP contribution in [0.4, 0.5) is 5.69 Å². The highest BCUT2D eigenvalue weighted by atomic mass is 35.5. The van der Waals surface area contributed by atoms with Gasteiger partial charge in [-0.05, 0) is 56.8 Å². The lowest BCUT2D eigenvalue weighted by Crippen LogP contribution is -2.40. The lowest BCUT2D eigenvalue weighted by Gasteiger charge is -2.37. The molecular formula is C14H21ClN2. The minimum atomic E-state index is 0.590. The Morgan fingerprint density at radius 3 is 2.94 bits per heavy atom. The molecule has 0 aromatic heterocycles. The van der Waals surface area contributed by atoms with Crippen LogP contribution in [0.15, 0.2) is 18.2 Å². The van der Waals surface area contributed by atoms with E-state index in [0.717, 1.165) is 30.1 Å². The molecule has 1 fully saturated rings. The number of nitrogens with zero attached hydrogens (tertiary/aromatic N) is 1. The van der Waals surface area contributed by atoms with E-state index in [1.54, 1.807) is 0 Å². The van der Waals surface area contributed by atoms with E-state index in [2.05, 4.69) is 23.1 Å². The Hall–Kier alpha value is -0.730. The number of halogens is 1. The van der Waals surface area contributed by atoms with Gasteiger partial charge in [0, 0.05) is 23.3 Å². The van der Waals surface area contributed by atoms with Gasteiger partial charge in [-0.25, -0.2) is 0 Å². The monoisotopic (exact) mass is 252 g/mol. The number of nitrogens with two attached hydrogens (primary N) is 1. The van der Waals surface area contributed by atoms with Crippen molar-refractivity contribution < 1.29 is 0 Å². The summed E-state index contributed by atoms with van der Waals surface area (Å²) in [6.07, 6.45) is 4.92. The molecule has 0 spiro atoms. The Morgan fingerprint density at radius 2 is 2.24 bits per heavy atom. The van der Waals surface area contributed by atoms with E-state index in [1.807, 2.05) is 6.92 Å². The van der Waals surface area contributed by atoms with E-state index in [0.29, 0.717) is 6.04 Å². The molecule has 1 atom stereocenters. The van der Waals surface area contributed by atoms with E-state index in [1.165, 1.54) is 24.9 Å². The number of hydrogen-bond donors (Lipinski definition) is 1. The smallest absolute Gasteiger partial charge is 0.0455 e. The quantitative estimate of drug-likeness (QED) is 0.894. The van der Waals surface area contributed by atoms with Gasteiger partial charge in [0.05, 0.1) is 0 Å². The normalized spacial score (nSPS) is 20.6. The van der Waals surface area contributed by atoms with E-state index < -0.39 is 0 Å². The molecule has 1 aliphatic rings. The molecule has 0 bridgehead atoms. The van der Waals surface area contributed by atoms with Crippen LogP contribution >= 0.6 is 11.6 Å². The maximum Gasteiger partial charge on any atom is 0.0455 e. The second-order valence-electron chi connectivity index (χ2n) is 4.85. The van der Waals surface area contributed by atoms with Gasteiger partial charge in [0.1, 0.15) is 0 Å². The van der Waals surface area contributed by atoms with Gasteiger partial charge in [0.2, 0.25) is 0 Å². The molecule has 17 heavy (non-hydrogen) atoms. The summed E-state index contributed by atoms with van der Waals surface area (Å²) >= 11 is 6.21. The van der Waals surface area contributed by atoms with Crippen LogP contribution in [0.3, 0.4) is 0 Å². The number of aryl methyl sites for hydroxylation is 1. The van der Waals surface area contributed by atoms with Crippen LogP contribution in [0.25, 0.3) is 0 Å². The Morgan fingerprint density at radius 1 is 1.41 bits per heavy atom. The van der Waals surface area contributed by atoms with Crippen LogP contribution in [0, 0.1) is 6.92 Å². The minimum absolute atomic E-state index is 0.590. The molecule has 2 rings (SSSR count). The number of rotatable bonds is 3. The van der Waals surface area contributed by atoms with E-state index in [-0.39, 0.29) is 0 Å². The molecule has 0 saturated carbocycles. The molecule has 1 aliphatic heterocycles. The molecule has 2 N–H and O–H groups in total. The van der Waals surface area contributed by atoms with Crippen LogP contribution in [0.1, 0.15) is 31.2 Å². The van der Waals surface area contributed by atoms with Gasteiger partial charge in [0.15, 0.2) is 0 Å². The minimum Gasteiger partial charge on any atom is -0.368 e. The van der Waals surface area contributed by atoms with Gasteiger partial charge in [-0.2, -0.15) is 0 Å². The van der Waals surface area contributed by atoms with Crippen LogP contribution < -0.4 is 10.6 Å². The Bertz CT molecular complexity index is 376. The zero-order valence-corrected chi connectivity index (χ0v) is 11.2. The molecule has 1 heterocycles. The van der Waals surface area contributed by atoms with Gasteiger partial charge in [-0.15, -0.1) is 0 Å². The number of anilines is 1. The maximum absolute atomic E-state index is 6.21. The van der Waals surface area contributed by atoms with Crippen molar-refractivity contribution in [3.8, 4) is 0 Å². The highest BCUT2D eigenvalue weighted by Crippen LogP contribution is 2.29. The average Bonchev–Trinajstić information content (AvgIpc) is 2.34. The molecule has 94 valence electrons. The molecule has 1 unspecified atom stereocenters. The van der Waals surface area contributed by atoms with Gasteiger partial charge < -0.3 is 10.6 Å². The zero-order chi connectivity index (χ0) is 12.3. The van der Waals surface area contributed by atoms with Crippen LogP contribution in [0.5, 0.6) is 0 Å². The predicted molar refractivity (Wildman–Crippen MR) is 74.8 cm³/mol. The third-order valence-corrected chi connectivity index (χ3v) is 4.02. The van der Waals surface area contributed by atoms with E-state index in [4.69, 9.17) is 17.3 Å². The summed E-state index contributed by atoms with van der Waals surface area (Å²) < 4.78 is 0. The Labute approximate surface area is 109 Å². The third kappa shape index (κ3) is 2.93. The first-order valence-electron chi connectivity index (χ1n) is 6.45. The Balaban J connectivity index is 2.20. The van der Waals surface area contributed by atoms with Gasteiger partial charge in [0.25, 0.3) is 0 Å². The first kappa shape index (κ1) is 12.7. The zero-order valence-electron chi connectivity index (χ0n) is 10.5. The van der Waals surface area contributed by atoms with Crippen LogP contribution in [0.2, 0.25) is 5.02 Å².